The minimum absolute atomic E-state index is 0.0327. The van der Waals surface area contributed by atoms with Crippen molar-refractivity contribution in [2.75, 3.05) is 5.75 Å². The second-order valence-corrected chi connectivity index (χ2v) is 9.36. The lowest BCUT2D eigenvalue weighted by Gasteiger charge is -2.11. The summed E-state index contributed by atoms with van der Waals surface area (Å²) in [7, 11) is 0. The predicted octanol–water partition coefficient (Wildman–Crippen LogP) is 5.47. The molecule has 0 unspecified atom stereocenters. The van der Waals surface area contributed by atoms with Crippen LogP contribution < -0.4 is 4.74 Å². The van der Waals surface area contributed by atoms with Crippen molar-refractivity contribution in [3.05, 3.63) is 53.1 Å². The number of thioether (sulfide) groups is 1. The van der Waals surface area contributed by atoms with Crippen LogP contribution in [0, 0.1) is 13.8 Å². The first-order chi connectivity index (χ1) is 15.4. The third-order valence-corrected chi connectivity index (χ3v) is 6.87. The van der Waals surface area contributed by atoms with Crippen molar-refractivity contribution < 1.29 is 18.3 Å². The summed E-state index contributed by atoms with van der Waals surface area (Å²) in [6, 6.07) is 8.78. The molecule has 2 aliphatic carbocycles. The molecule has 0 aliphatic heterocycles. The highest BCUT2D eigenvalue weighted by molar-refractivity contribution is 7.99. The molecule has 32 heavy (non-hydrogen) atoms. The maximum Gasteiger partial charge on any atom is 0.387 e. The van der Waals surface area contributed by atoms with Crippen LogP contribution in [0.5, 0.6) is 5.75 Å². The molecule has 168 valence electrons. The lowest BCUT2D eigenvalue weighted by atomic mass is 10.2. The van der Waals surface area contributed by atoms with Crippen molar-refractivity contribution in [3.8, 4) is 11.4 Å². The number of rotatable bonds is 9. The maximum atomic E-state index is 13.1. The van der Waals surface area contributed by atoms with Crippen LogP contribution in [0.1, 0.15) is 65.2 Å². The number of nitrogens with zero attached hydrogens (tertiary/aromatic N) is 4. The van der Waals surface area contributed by atoms with Gasteiger partial charge < -0.3 is 13.9 Å². The summed E-state index contributed by atoms with van der Waals surface area (Å²) in [6.45, 7) is 0.960. The van der Waals surface area contributed by atoms with Gasteiger partial charge in [-0.2, -0.15) is 8.78 Å². The average Bonchev–Trinajstić information content (AvgIpc) is 3.69. The van der Waals surface area contributed by atoms with Gasteiger partial charge in [0.25, 0.3) is 0 Å². The molecule has 2 saturated carbocycles. The van der Waals surface area contributed by atoms with Crippen LogP contribution in [-0.4, -0.2) is 37.5 Å². The van der Waals surface area contributed by atoms with Crippen LogP contribution in [0.25, 0.3) is 5.69 Å². The van der Waals surface area contributed by atoms with E-state index in [2.05, 4.69) is 19.5 Å². The van der Waals surface area contributed by atoms with Crippen LogP contribution in [-0.2, 0) is 0 Å². The third kappa shape index (κ3) is 4.18. The van der Waals surface area contributed by atoms with Crippen molar-refractivity contribution in [1.29, 1.82) is 0 Å². The Morgan fingerprint density at radius 3 is 2.50 bits per heavy atom. The summed E-state index contributed by atoms with van der Waals surface area (Å²) in [6.07, 6.45) is 4.66. The lowest BCUT2D eigenvalue weighted by Crippen LogP contribution is -2.07. The first kappa shape index (κ1) is 21.2. The number of hydrogen-bond acceptors (Lipinski definition) is 5. The zero-order chi connectivity index (χ0) is 22.4. The highest BCUT2D eigenvalue weighted by atomic mass is 32.2. The fraction of sp³-hybridized carbons (Fsp3) is 0.435. The van der Waals surface area contributed by atoms with Gasteiger partial charge in [0.2, 0.25) is 0 Å². The normalized spacial score (nSPS) is 16.0. The van der Waals surface area contributed by atoms with Gasteiger partial charge in [0.05, 0.1) is 5.75 Å². The SMILES string of the molecule is Cc1cc(C(=O)CSc2nnc(C3CC3)n2C2CC2)c(C)n1-c1ccc(OC(F)F)cc1. The summed E-state index contributed by atoms with van der Waals surface area (Å²) in [5, 5.41) is 9.63. The van der Waals surface area contributed by atoms with Gasteiger partial charge in [-0.25, -0.2) is 0 Å². The van der Waals surface area contributed by atoms with Crippen LogP contribution in [0.4, 0.5) is 8.78 Å². The van der Waals surface area contributed by atoms with Crippen molar-refractivity contribution >= 4 is 17.5 Å². The molecular weight excluding hydrogens is 434 g/mol. The number of hydrogen-bond donors (Lipinski definition) is 0. The average molecular weight is 459 g/mol. The van der Waals surface area contributed by atoms with E-state index in [1.807, 2.05) is 24.5 Å². The zero-order valence-corrected chi connectivity index (χ0v) is 18.7. The van der Waals surface area contributed by atoms with Gasteiger partial charge in [0.15, 0.2) is 10.9 Å². The monoisotopic (exact) mass is 458 g/mol. The van der Waals surface area contributed by atoms with Gasteiger partial charge in [-0.05, 0) is 69.9 Å². The fourth-order valence-electron chi connectivity index (χ4n) is 4.11. The van der Waals surface area contributed by atoms with Crippen LogP contribution in [0.2, 0.25) is 0 Å². The van der Waals surface area contributed by atoms with Gasteiger partial charge in [0.1, 0.15) is 11.6 Å². The largest absolute Gasteiger partial charge is 0.435 e. The van der Waals surface area contributed by atoms with Gasteiger partial charge in [0, 0.05) is 34.6 Å². The first-order valence-corrected chi connectivity index (χ1v) is 11.8. The van der Waals surface area contributed by atoms with Crippen molar-refractivity contribution in [2.24, 2.45) is 0 Å². The summed E-state index contributed by atoms with van der Waals surface area (Å²) in [5.41, 5.74) is 3.16. The summed E-state index contributed by atoms with van der Waals surface area (Å²) in [5.74, 6) is 2.04. The Morgan fingerprint density at radius 2 is 1.88 bits per heavy atom. The Balaban J connectivity index is 1.32. The molecular formula is C23H24F2N4O2S. The molecule has 9 heteroatoms. The molecule has 0 atom stereocenters. The maximum absolute atomic E-state index is 13.1. The second-order valence-electron chi connectivity index (χ2n) is 8.42. The van der Waals surface area contributed by atoms with Crippen LogP contribution in [0.3, 0.4) is 0 Å². The molecule has 0 bridgehead atoms. The standard InChI is InChI=1S/C23H24F2N4O2S/c1-13-11-19(14(2)28(13)16-7-9-18(10-8-16)31-22(24)25)20(30)12-32-23-27-26-21(15-3-4-15)29(23)17-5-6-17/h7-11,15,17,22H,3-6,12H2,1-2H3. The molecule has 2 fully saturated rings. The smallest absolute Gasteiger partial charge is 0.387 e. The summed E-state index contributed by atoms with van der Waals surface area (Å²) in [4.78, 5) is 13.1. The van der Waals surface area contributed by atoms with E-state index in [9.17, 15) is 13.6 Å². The number of benzene rings is 1. The molecule has 2 aromatic heterocycles. The van der Waals surface area contributed by atoms with Gasteiger partial charge >= 0.3 is 6.61 Å². The number of alkyl halides is 2. The minimum Gasteiger partial charge on any atom is -0.435 e. The molecule has 0 radical (unpaired) electrons. The van der Waals surface area contributed by atoms with Crippen molar-refractivity contribution in [3.63, 3.8) is 0 Å². The highest BCUT2D eigenvalue weighted by Crippen LogP contribution is 2.46. The summed E-state index contributed by atoms with van der Waals surface area (Å²) >= 11 is 1.45. The number of carbonyl (C=O) groups excluding carboxylic acids is 1. The Kier molecular flexibility index (Phi) is 5.53. The van der Waals surface area contributed by atoms with E-state index in [-0.39, 0.29) is 11.5 Å². The zero-order valence-electron chi connectivity index (χ0n) is 17.9. The van der Waals surface area contributed by atoms with Crippen LogP contribution in [0.15, 0.2) is 35.5 Å². The molecule has 3 aromatic rings. The fourth-order valence-corrected chi connectivity index (χ4v) is 5.01. The number of aromatic nitrogens is 4. The molecule has 0 amide bonds. The Hall–Kier alpha value is -2.68. The number of aryl methyl sites for hydroxylation is 1. The van der Waals surface area contributed by atoms with Gasteiger partial charge in [-0.15, -0.1) is 10.2 Å². The molecule has 0 N–H and O–H groups in total. The van der Waals surface area contributed by atoms with E-state index in [4.69, 9.17) is 0 Å². The number of ketones is 1. The number of Topliss-reactive ketones (excluding diaryl/α,β-unsaturated/α-hetero) is 1. The first-order valence-electron chi connectivity index (χ1n) is 10.8. The second kappa shape index (κ2) is 8.35. The number of ether oxygens (including phenoxy) is 1. The Morgan fingerprint density at radius 1 is 1.16 bits per heavy atom. The van der Waals surface area contributed by atoms with E-state index in [1.54, 1.807) is 12.1 Å². The third-order valence-electron chi connectivity index (χ3n) is 5.93. The molecule has 0 saturated heterocycles. The molecule has 1 aromatic carbocycles. The number of halogens is 2. The van der Waals surface area contributed by atoms with Crippen LogP contribution >= 0.6 is 11.8 Å². The van der Waals surface area contributed by atoms with E-state index < -0.39 is 6.61 Å². The quantitative estimate of drug-likeness (QED) is 0.314. The Bertz CT molecular complexity index is 1150. The lowest BCUT2D eigenvalue weighted by molar-refractivity contribution is -0.0498. The van der Waals surface area contributed by atoms with E-state index in [0.29, 0.717) is 23.3 Å². The van der Waals surface area contributed by atoms with Crippen molar-refractivity contribution in [1.82, 2.24) is 19.3 Å². The number of carbonyl (C=O) groups is 1. The molecule has 2 heterocycles. The highest BCUT2D eigenvalue weighted by Gasteiger charge is 2.36. The minimum atomic E-state index is -2.86. The molecule has 6 nitrogen and oxygen atoms in total. The molecule has 0 spiro atoms. The molecule has 2 aliphatic rings. The summed E-state index contributed by atoms with van der Waals surface area (Å²) < 4.78 is 33.4. The van der Waals surface area contributed by atoms with Gasteiger partial charge in [-0.3, -0.25) is 4.79 Å². The van der Waals surface area contributed by atoms with E-state index in [1.165, 1.54) is 36.7 Å². The van der Waals surface area contributed by atoms with E-state index in [0.717, 1.165) is 40.9 Å². The van der Waals surface area contributed by atoms with E-state index >= 15 is 0 Å². The van der Waals surface area contributed by atoms with Crippen molar-refractivity contribution in [2.45, 2.75) is 63.3 Å². The topological polar surface area (TPSA) is 61.9 Å². The molecule has 5 rings (SSSR count). The Labute approximate surface area is 189 Å². The predicted molar refractivity (Wildman–Crippen MR) is 117 cm³/mol. The van der Waals surface area contributed by atoms with Gasteiger partial charge in [-0.1, -0.05) is 11.8 Å².